The number of rotatable bonds is 7. The fraction of sp³-hybridized carbons (Fsp3) is 0.417. The van der Waals surface area contributed by atoms with Gasteiger partial charge in [0.25, 0.3) is 0 Å². The second-order valence-electron chi connectivity index (χ2n) is 8.22. The van der Waals surface area contributed by atoms with Crippen molar-refractivity contribution in [3.63, 3.8) is 0 Å². The molecular formula is C24H30N4O2. The number of benzene rings is 2. The van der Waals surface area contributed by atoms with Crippen LogP contribution < -0.4 is 16.3 Å². The Morgan fingerprint density at radius 3 is 2.63 bits per heavy atom. The van der Waals surface area contributed by atoms with Crippen LogP contribution in [0.2, 0.25) is 0 Å². The van der Waals surface area contributed by atoms with Gasteiger partial charge in [-0.3, -0.25) is 0 Å². The lowest BCUT2D eigenvalue weighted by molar-refractivity contribution is 0.242. The minimum absolute atomic E-state index is 0.379. The molecule has 1 heterocycles. The Balaban J connectivity index is 1.39. The van der Waals surface area contributed by atoms with E-state index in [2.05, 4.69) is 15.6 Å². The molecule has 2 aromatic carbocycles. The number of fused-ring (bicyclic) bond motifs is 1. The van der Waals surface area contributed by atoms with Crippen LogP contribution in [0, 0.1) is 5.92 Å². The SMILES string of the molecule is O=C(NCc1ccccc1)n1c(=O)[nH]c2ccc(CCNCC3CCCCC3)cc21. The number of aromatic amines is 1. The summed E-state index contributed by atoms with van der Waals surface area (Å²) in [5.74, 6) is 0.810. The zero-order valence-corrected chi connectivity index (χ0v) is 17.3. The summed E-state index contributed by atoms with van der Waals surface area (Å²) >= 11 is 0. The molecule has 1 aromatic heterocycles. The number of carbonyl (C=O) groups excluding carboxylic acids is 1. The van der Waals surface area contributed by atoms with Gasteiger partial charge < -0.3 is 15.6 Å². The first-order chi connectivity index (χ1) is 14.7. The first-order valence-corrected chi connectivity index (χ1v) is 11.0. The van der Waals surface area contributed by atoms with Gasteiger partial charge in [0.1, 0.15) is 0 Å². The maximum atomic E-state index is 12.7. The molecule has 6 heteroatoms. The van der Waals surface area contributed by atoms with Crippen molar-refractivity contribution in [1.29, 1.82) is 0 Å². The molecule has 0 unspecified atom stereocenters. The van der Waals surface area contributed by atoms with Crippen LogP contribution in [0.5, 0.6) is 0 Å². The van der Waals surface area contributed by atoms with Crippen molar-refractivity contribution in [2.75, 3.05) is 13.1 Å². The third-order valence-electron chi connectivity index (χ3n) is 5.99. The lowest BCUT2D eigenvalue weighted by Crippen LogP contribution is -2.34. The zero-order valence-electron chi connectivity index (χ0n) is 17.3. The van der Waals surface area contributed by atoms with Crippen molar-refractivity contribution in [2.24, 2.45) is 5.92 Å². The normalized spacial score (nSPS) is 14.8. The molecular weight excluding hydrogens is 376 g/mol. The summed E-state index contributed by atoms with van der Waals surface area (Å²) in [4.78, 5) is 27.8. The van der Waals surface area contributed by atoms with E-state index in [1.807, 2.05) is 48.5 Å². The van der Waals surface area contributed by atoms with E-state index in [4.69, 9.17) is 0 Å². The Labute approximate surface area is 176 Å². The summed E-state index contributed by atoms with van der Waals surface area (Å²) in [7, 11) is 0. The average molecular weight is 407 g/mol. The van der Waals surface area contributed by atoms with E-state index in [1.165, 1.54) is 36.7 Å². The molecule has 3 aromatic rings. The van der Waals surface area contributed by atoms with Gasteiger partial charge in [-0.25, -0.2) is 14.2 Å². The monoisotopic (exact) mass is 406 g/mol. The van der Waals surface area contributed by atoms with Gasteiger partial charge in [-0.05, 0) is 61.5 Å². The van der Waals surface area contributed by atoms with Gasteiger partial charge in [0.2, 0.25) is 0 Å². The summed E-state index contributed by atoms with van der Waals surface area (Å²) in [6, 6.07) is 15.1. The minimum Gasteiger partial charge on any atom is -0.333 e. The summed E-state index contributed by atoms with van der Waals surface area (Å²) in [5.41, 5.74) is 2.98. The number of H-pyrrole nitrogens is 1. The molecule has 0 aliphatic heterocycles. The Hall–Kier alpha value is -2.86. The van der Waals surface area contributed by atoms with Crippen LogP contribution in [-0.2, 0) is 13.0 Å². The van der Waals surface area contributed by atoms with E-state index in [-0.39, 0.29) is 0 Å². The third kappa shape index (κ3) is 5.00. The van der Waals surface area contributed by atoms with Crippen molar-refractivity contribution < 1.29 is 4.79 Å². The van der Waals surface area contributed by atoms with Crippen LogP contribution in [0.25, 0.3) is 11.0 Å². The van der Waals surface area contributed by atoms with Gasteiger partial charge in [0.15, 0.2) is 0 Å². The highest BCUT2D eigenvalue weighted by atomic mass is 16.2. The maximum absolute atomic E-state index is 12.7. The van der Waals surface area contributed by atoms with Crippen LogP contribution in [0.3, 0.4) is 0 Å². The molecule has 0 radical (unpaired) electrons. The van der Waals surface area contributed by atoms with E-state index in [0.717, 1.165) is 36.6 Å². The molecule has 0 saturated heterocycles. The van der Waals surface area contributed by atoms with Crippen LogP contribution in [0.15, 0.2) is 53.3 Å². The van der Waals surface area contributed by atoms with Crippen LogP contribution in [0.1, 0.15) is 43.2 Å². The molecule has 1 aliphatic rings. The minimum atomic E-state index is -0.414. The molecule has 1 saturated carbocycles. The summed E-state index contributed by atoms with van der Waals surface area (Å²) in [6.07, 6.45) is 7.65. The number of amides is 1. The van der Waals surface area contributed by atoms with E-state index < -0.39 is 11.7 Å². The Morgan fingerprint density at radius 1 is 1.03 bits per heavy atom. The molecule has 1 aliphatic carbocycles. The quantitative estimate of drug-likeness (QED) is 0.522. The van der Waals surface area contributed by atoms with Gasteiger partial charge in [0, 0.05) is 6.54 Å². The molecule has 1 fully saturated rings. The van der Waals surface area contributed by atoms with E-state index >= 15 is 0 Å². The zero-order chi connectivity index (χ0) is 20.8. The van der Waals surface area contributed by atoms with E-state index in [0.29, 0.717) is 17.6 Å². The molecule has 30 heavy (non-hydrogen) atoms. The van der Waals surface area contributed by atoms with Crippen molar-refractivity contribution in [3.05, 3.63) is 70.1 Å². The fourth-order valence-corrected chi connectivity index (χ4v) is 4.29. The first kappa shape index (κ1) is 20.4. The van der Waals surface area contributed by atoms with Crippen LogP contribution in [0.4, 0.5) is 4.79 Å². The Kier molecular flexibility index (Phi) is 6.64. The highest BCUT2D eigenvalue weighted by molar-refractivity contribution is 5.89. The highest BCUT2D eigenvalue weighted by Gasteiger charge is 2.15. The van der Waals surface area contributed by atoms with Crippen LogP contribution in [-0.4, -0.2) is 28.7 Å². The molecule has 3 N–H and O–H groups in total. The average Bonchev–Trinajstić information content (AvgIpc) is 3.11. The predicted molar refractivity (Wildman–Crippen MR) is 120 cm³/mol. The topological polar surface area (TPSA) is 78.9 Å². The number of nitrogens with zero attached hydrogens (tertiary/aromatic N) is 1. The predicted octanol–water partition coefficient (Wildman–Crippen LogP) is 3.80. The third-order valence-corrected chi connectivity index (χ3v) is 5.99. The Morgan fingerprint density at radius 2 is 1.83 bits per heavy atom. The molecule has 0 atom stereocenters. The summed E-state index contributed by atoms with van der Waals surface area (Å²) in [6.45, 7) is 2.36. The number of aromatic nitrogens is 2. The molecule has 1 amide bonds. The fourth-order valence-electron chi connectivity index (χ4n) is 4.29. The van der Waals surface area contributed by atoms with Crippen molar-refractivity contribution in [2.45, 2.75) is 45.1 Å². The highest BCUT2D eigenvalue weighted by Crippen LogP contribution is 2.22. The van der Waals surface area contributed by atoms with Gasteiger partial charge in [-0.1, -0.05) is 55.7 Å². The van der Waals surface area contributed by atoms with Gasteiger partial charge in [0.05, 0.1) is 11.0 Å². The molecule has 158 valence electrons. The number of nitrogens with one attached hydrogen (secondary N) is 3. The second kappa shape index (κ2) is 9.76. The van der Waals surface area contributed by atoms with Gasteiger partial charge >= 0.3 is 11.7 Å². The van der Waals surface area contributed by atoms with Crippen molar-refractivity contribution >= 4 is 17.1 Å². The molecule has 0 spiro atoms. The number of hydrogen-bond donors (Lipinski definition) is 3. The lowest BCUT2D eigenvalue weighted by atomic mass is 9.89. The molecule has 6 nitrogen and oxygen atoms in total. The van der Waals surface area contributed by atoms with E-state index in [1.54, 1.807) is 0 Å². The molecule has 4 rings (SSSR count). The number of carbonyl (C=O) groups is 1. The smallest absolute Gasteiger partial charge is 0.333 e. The Bertz CT molecular complexity index is 1030. The summed E-state index contributed by atoms with van der Waals surface area (Å²) < 4.78 is 1.19. The summed E-state index contributed by atoms with van der Waals surface area (Å²) in [5, 5.41) is 6.41. The standard InChI is InChI=1S/C24H30N4O2/c29-23(26-17-20-9-5-2-6-10-20)28-22-15-18(11-12-21(22)27-24(28)30)13-14-25-16-19-7-3-1-4-8-19/h2,5-6,9-12,15,19,25H,1,3-4,7-8,13-14,16-17H2,(H,26,29)(H,27,30). The van der Waals surface area contributed by atoms with Crippen molar-refractivity contribution in [3.8, 4) is 0 Å². The second-order valence-corrected chi connectivity index (χ2v) is 8.22. The van der Waals surface area contributed by atoms with Gasteiger partial charge in [-0.15, -0.1) is 0 Å². The van der Waals surface area contributed by atoms with Crippen molar-refractivity contribution in [1.82, 2.24) is 20.2 Å². The maximum Gasteiger partial charge on any atom is 0.334 e. The molecule has 0 bridgehead atoms. The lowest BCUT2D eigenvalue weighted by Gasteiger charge is -2.21. The van der Waals surface area contributed by atoms with Gasteiger partial charge in [-0.2, -0.15) is 0 Å². The van der Waals surface area contributed by atoms with E-state index in [9.17, 15) is 9.59 Å². The number of hydrogen-bond acceptors (Lipinski definition) is 3. The largest absolute Gasteiger partial charge is 0.334 e. The first-order valence-electron chi connectivity index (χ1n) is 11.0. The van der Waals surface area contributed by atoms with Crippen LogP contribution >= 0.6 is 0 Å². The number of imidazole rings is 1.